The molecule has 0 saturated carbocycles. The van der Waals surface area contributed by atoms with Gasteiger partial charge in [0.25, 0.3) is 5.91 Å². The summed E-state index contributed by atoms with van der Waals surface area (Å²) in [7, 11) is 0. The van der Waals surface area contributed by atoms with Crippen LogP contribution in [0.15, 0.2) is 48.5 Å². The molecular formula is C24H32N2O2. The number of nitrogens with one attached hydrogen (secondary N) is 1. The monoisotopic (exact) mass is 380 g/mol. The molecule has 1 N–H and O–H groups in total. The Morgan fingerprint density at radius 1 is 1.18 bits per heavy atom. The molecule has 0 radical (unpaired) electrons. The van der Waals surface area contributed by atoms with Crippen molar-refractivity contribution in [3.63, 3.8) is 0 Å². The first-order chi connectivity index (χ1) is 13.4. The number of piperidine rings is 1. The molecule has 0 aromatic heterocycles. The summed E-state index contributed by atoms with van der Waals surface area (Å²) in [5, 5.41) is 3.06. The van der Waals surface area contributed by atoms with Crippen LogP contribution in [0.1, 0.15) is 50.8 Å². The molecule has 1 saturated heterocycles. The van der Waals surface area contributed by atoms with Gasteiger partial charge in [0.05, 0.1) is 6.04 Å². The molecular weight excluding hydrogens is 348 g/mol. The third kappa shape index (κ3) is 5.28. The maximum absolute atomic E-state index is 12.5. The molecule has 28 heavy (non-hydrogen) atoms. The quantitative estimate of drug-likeness (QED) is 0.777. The van der Waals surface area contributed by atoms with E-state index in [0.717, 1.165) is 35.9 Å². The van der Waals surface area contributed by atoms with E-state index in [1.807, 2.05) is 38.1 Å². The normalized spacial score (nSPS) is 19.0. The highest BCUT2D eigenvalue weighted by molar-refractivity contribution is 5.81. The van der Waals surface area contributed by atoms with Crippen LogP contribution in [0.4, 0.5) is 5.69 Å². The van der Waals surface area contributed by atoms with Gasteiger partial charge in [-0.1, -0.05) is 31.2 Å². The van der Waals surface area contributed by atoms with Gasteiger partial charge in [0.15, 0.2) is 6.10 Å². The molecule has 3 atom stereocenters. The van der Waals surface area contributed by atoms with Crippen LogP contribution in [-0.4, -0.2) is 25.1 Å². The van der Waals surface area contributed by atoms with Crippen molar-refractivity contribution in [1.82, 2.24) is 5.32 Å². The van der Waals surface area contributed by atoms with Gasteiger partial charge in [0, 0.05) is 18.8 Å². The fraction of sp³-hybridized carbons (Fsp3) is 0.458. The van der Waals surface area contributed by atoms with Crippen LogP contribution < -0.4 is 15.0 Å². The van der Waals surface area contributed by atoms with Gasteiger partial charge in [0.1, 0.15) is 5.75 Å². The maximum atomic E-state index is 12.5. The molecule has 3 rings (SSSR count). The second-order valence-corrected chi connectivity index (χ2v) is 8.09. The van der Waals surface area contributed by atoms with E-state index >= 15 is 0 Å². The number of carbonyl (C=O) groups excluding carboxylic acids is 1. The predicted octanol–water partition coefficient (Wildman–Crippen LogP) is 4.88. The van der Waals surface area contributed by atoms with Crippen LogP contribution in [0.5, 0.6) is 5.75 Å². The standard InChI is InChI=1S/C24H32N2O2/c1-17-7-5-9-23(15-17)28-20(4)24(27)25-19(3)21-10-12-22(13-11-21)26-14-6-8-18(2)16-26/h5,7,9-13,15,18-20H,6,8,14,16H2,1-4H3,(H,25,27)/t18-,19+,20+/m0/s1. The first-order valence-electron chi connectivity index (χ1n) is 10.3. The summed E-state index contributed by atoms with van der Waals surface area (Å²) in [6.45, 7) is 10.4. The van der Waals surface area contributed by atoms with E-state index in [1.165, 1.54) is 18.5 Å². The number of hydrogen-bond donors (Lipinski definition) is 1. The van der Waals surface area contributed by atoms with Crippen molar-refractivity contribution in [2.45, 2.75) is 52.7 Å². The SMILES string of the molecule is Cc1cccc(O[C@H](C)C(=O)N[C@H](C)c2ccc(N3CCC[C@H](C)C3)cc2)c1. The number of carbonyl (C=O) groups is 1. The van der Waals surface area contributed by atoms with E-state index in [0.29, 0.717) is 0 Å². The molecule has 0 spiro atoms. The first-order valence-corrected chi connectivity index (χ1v) is 10.3. The number of hydrogen-bond acceptors (Lipinski definition) is 3. The second-order valence-electron chi connectivity index (χ2n) is 8.09. The summed E-state index contributed by atoms with van der Waals surface area (Å²) < 4.78 is 5.78. The van der Waals surface area contributed by atoms with Crippen molar-refractivity contribution in [2.75, 3.05) is 18.0 Å². The molecule has 0 unspecified atom stereocenters. The third-order valence-electron chi connectivity index (χ3n) is 5.45. The third-order valence-corrected chi connectivity index (χ3v) is 5.45. The Morgan fingerprint density at radius 2 is 1.93 bits per heavy atom. The lowest BCUT2D eigenvalue weighted by Crippen LogP contribution is -2.37. The highest BCUT2D eigenvalue weighted by Crippen LogP contribution is 2.24. The Labute approximate surface area is 168 Å². The van der Waals surface area contributed by atoms with Gasteiger partial charge in [0.2, 0.25) is 0 Å². The molecule has 1 heterocycles. The summed E-state index contributed by atoms with van der Waals surface area (Å²) >= 11 is 0. The minimum absolute atomic E-state index is 0.0645. The van der Waals surface area contributed by atoms with Crippen LogP contribution >= 0.6 is 0 Å². The van der Waals surface area contributed by atoms with Gasteiger partial charge in [-0.2, -0.15) is 0 Å². The average Bonchev–Trinajstić information content (AvgIpc) is 2.68. The van der Waals surface area contributed by atoms with E-state index in [2.05, 4.69) is 41.4 Å². The number of anilines is 1. The molecule has 4 nitrogen and oxygen atoms in total. The number of ether oxygens (including phenoxy) is 1. The molecule has 2 aromatic carbocycles. The largest absolute Gasteiger partial charge is 0.481 e. The zero-order valence-electron chi connectivity index (χ0n) is 17.4. The zero-order chi connectivity index (χ0) is 20.1. The average molecular weight is 381 g/mol. The number of nitrogens with zero attached hydrogens (tertiary/aromatic N) is 1. The highest BCUT2D eigenvalue weighted by Gasteiger charge is 2.19. The van der Waals surface area contributed by atoms with Crippen LogP contribution in [-0.2, 0) is 4.79 Å². The van der Waals surface area contributed by atoms with Gasteiger partial charge in [-0.15, -0.1) is 0 Å². The van der Waals surface area contributed by atoms with Gasteiger partial charge >= 0.3 is 0 Å². The summed E-state index contributed by atoms with van der Waals surface area (Å²) in [5.74, 6) is 1.36. The number of rotatable bonds is 6. The Hall–Kier alpha value is -2.49. The Kier molecular flexibility index (Phi) is 6.61. The number of amides is 1. The topological polar surface area (TPSA) is 41.6 Å². The van der Waals surface area contributed by atoms with Crippen molar-refractivity contribution in [1.29, 1.82) is 0 Å². The van der Waals surface area contributed by atoms with E-state index in [-0.39, 0.29) is 11.9 Å². The lowest BCUT2D eigenvalue weighted by molar-refractivity contribution is -0.127. The van der Waals surface area contributed by atoms with E-state index < -0.39 is 6.10 Å². The molecule has 0 aliphatic carbocycles. The molecule has 2 aromatic rings. The highest BCUT2D eigenvalue weighted by atomic mass is 16.5. The Morgan fingerprint density at radius 3 is 2.61 bits per heavy atom. The van der Waals surface area contributed by atoms with Gasteiger partial charge in [-0.05, 0) is 74.9 Å². The predicted molar refractivity (Wildman–Crippen MR) is 115 cm³/mol. The van der Waals surface area contributed by atoms with Crippen molar-refractivity contribution < 1.29 is 9.53 Å². The van der Waals surface area contributed by atoms with Gasteiger partial charge in [-0.3, -0.25) is 4.79 Å². The molecule has 1 amide bonds. The van der Waals surface area contributed by atoms with E-state index in [1.54, 1.807) is 6.92 Å². The first kappa shape index (κ1) is 20.2. The van der Waals surface area contributed by atoms with Crippen LogP contribution in [0.25, 0.3) is 0 Å². The zero-order valence-corrected chi connectivity index (χ0v) is 17.4. The minimum Gasteiger partial charge on any atom is -0.481 e. The lowest BCUT2D eigenvalue weighted by atomic mass is 9.99. The van der Waals surface area contributed by atoms with Crippen LogP contribution in [0.2, 0.25) is 0 Å². The molecule has 4 heteroatoms. The molecule has 150 valence electrons. The number of benzene rings is 2. The van der Waals surface area contributed by atoms with Crippen LogP contribution in [0.3, 0.4) is 0 Å². The lowest BCUT2D eigenvalue weighted by Gasteiger charge is -2.33. The fourth-order valence-electron chi connectivity index (χ4n) is 3.76. The molecule has 1 fully saturated rings. The Balaban J connectivity index is 1.56. The summed E-state index contributed by atoms with van der Waals surface area (Å²) in [6.07, 6.45) is 2.03. The minimum atomic E-state index is -0.543. The van der Waals surface area contributed by atoms with Crippen molar-refractivity contribution in [3.05, 3.63) is 59.7 Å². The summed E-state index contributed by atoms with van der Waals surface area (Å²) in [4.78, 5) is 15.0. The maximum Gasteiger partial charge on any atom is 0.261 e. The smallest absolute Gasteiger partial charge is 0.261 e. The van der Waals surface area contributed by atoms with E-state index in [9.17, 15) is 4.79 Å². The Bertz CT molecular complexity index is 787. The number of aryl methyl sites for hydroxylation is 1. The summed E-state index contributed by atoms with van der Waals surface area (Å²) in [5.41, 5.74) is 3.48. The van der Waals surface area contributed by atoms with E-state index in [4.69, 9.17) is 4.74 Å². The molecule has 1 aliphatic rings. The molecule has 1 aliphatic heterocycles. The van der Waals surface area contributed by atoms with Crippen LogP contribution in [0, 0.1) is 12.8 Å². The summed E-state index contributed by atoms with van der Waals surface area (Å²) in [6, 6.07) is 16.3. The van der Waals surface area contributed by atoms with Crippen molar-refractivity contribution in [2.24, 2.45) is 5.92 Å². The van der Waals surface area contributed by atoms with Crippen molar-refractivity contribution >= 4 is 11.6 Å². The molecule has 0 bridgehead atoms. The van der Waals surface area contributed by atoms with Gasteiger partial charge < -0.3 is 15.0 Å². The van der Waals surface area contributed by atoms with Gasteiger partial charge in [-0.25, -0.2) is 0 Å². The second kappa shape index (κ2) is 9.13. The fourth-order valence-corrected chi connectivity index (χ4v) is 3.76. The van der Waals surface area contributed by atoms with Crippen molar-refractivity contribution in [3.8, 4) is 5.75 Å².